The van der Waals surface area contributed by atoms with Crippen molar-refractivity contribution in [3.63, 3.8) is 0 Å². The van der Waals surface area contributed by atoms with Crippen LogP contribution in [0.3, 0.4) is 0 Å². The van der Waals surface area contributed by atoms with Crippen molar-refractivity contribution >= 4 is 15.9 Å². The van der Waals surface area contributed by atoms with Crippen LogP contribution in [-0.2, 0) is 0 Å². The first-order valence-electron chi connectivity index (χ1n) is 3.65. The number of aliphatic hydroxyl groups excluding tert-OH is 1. The Morgan fingerprint density at radius 2 is 2.00 bits per heavy atom. The third kappa shape index (κ3) is 3.12. The van der Waals surface area contributed by atoms with Gasteiger partial charge in [0.05, 0.1) is 0 Å². The quantitative estimate of drug-likeness (QED) is 0.652. The molecular weight excluding hydrogens is 238 g/mol. The first kappa shape index (κ1) is 10.1. The SMILES string of the molecule is O=[N+]([O-])C[C@H](O)c1ccc(Br)cc1. The average molecular weight is 246 g/mol. The number of halogens is 1. The Balaban J connectivity index is 2.71. The largest absolute Gasteiger partial charge is 0.382 e. The molecule has 0 amide bonds. The Labute approximate surface area is 83.5 Å². The van der Waals surface area contributed by atoms with Gasteiger partial charge < -0.3 is 5.11 Å². The maximum absolute atomic E-state index is 10.1. The predicted octanol–water partition coefficient (Wildman–Crippen LogP) is 1.76. The highest BCUT2D eigenvalue weighted by molar-refractivity contribution is 9.10. The number of nitro groups is 1. The number of hydrogen-bond donors (Lipinski definition) is 1. The summed E-state index contributed by atoms with van der Waals surface area (Å²) in [5.74, 6) is 0. The zero-order chi connectivity index (χ0) is 9.84. The summed E-state index contributed by atoms with van der Waals surface area (Å²) in [7, 11) is 0. The van der Waals surface area contributed by atoms with Gasteiger partial charge in [0.2, 0.25) is 6.54 Å². The molecule has 0 aliphatic rings. The molecule has 0 heterocycles. The van der Waals surface area contributed by atoms with Gasteiger partial charge in [-0.25, -0.2) is 0 Å². The molecule has 0 saturated heterocycles. The molecule has 0 aliphatic heterocycles. The van der Waals surface area contributed by atoms with E-state index >= 15 is 0 Å². The summed E-state index contributed by atoms with van der Waals surface area (Å²) in [6.45, 7) is -0.457. The van der Waals surface area contributed by atoms with Crippen molar-refractivity contribution in [2.45, 2.75) is 6.10 Å². The van der Waals surface area contributed by atoms with E-state index < -0.39 is 17.6 Å². The molecule has 70 valence electrons. The van der Waals surface area contributed by atoms with Crippen molar-refractivity contribution in [3.8, 4) is 0 Å². The number of aliphatic hydroxyl groups is 1. The lowest BCUT2D eigenvalue weighted by Crippen LogP contribution is -2.11. The van der Waals surface area contributed by atoms with E-state index in [1.165, 1.54) is 0 Å². The monoisotopic (exact) mass is 245 g/mol. The normalized spacial score (nSPS) is 12.5. The van der Waals surface area contributed by atoms with Gasteiger partial charge in [-0.05, 0) is 17.7 Å². The highest BCUT2D eigenvalue weighted by atomic mass is 79.9. The van der Waals surface area contributed by atoms with Crippen molar-refractivity contribution in [3.05, 3.63) is 44.4 Å². The smallest absolute Gasteiger partial charge is 0.233 e. The van der Waals surface area contributed by atoms with Crippen LogP contribution in [0.15, 0.2) is 28.7 Å². The third-order valence-corrected chi connectivity index (χ3v) is 2.11. The molecule has 1 aromatic rings. The summed E-state index contributed by atoms with van der Waals surface area (Å²) in [6.07, 6.45) is -1.02. The van der Waals surface area contributed by atoms with Gasteiger partial charge in [0, 0.05) is 9.40 Å². The highest BCUT2D eigenvalue weighted by Gasteiger charge is 2.13. The van der Waals surface area contributed by atoms with E-state index in [1.54, 1.807) is 24.3 Å². The first-order chi connectivity index (χ1) is 6.09. The number of rotatable bonds is 3. The highest BCUT2D eigenvalue weighted by Crippen LogP contribution is 2.16. The van der Waals surface area contributed by atoms with E-state index in [9.17, 15) is 15.2 Å². The van der Waals surface area contributed by atoms with Crippen LogP contribution in [0.2, 0.25) is 0 Å². The minimum atomic E-state index is -1.02. The Kier molecular flexibility index (Phi) is 3.39. The lowest BCUT2D eigenvalue weighted by Gasteiger charge is -2.05. The van der Waals surface area contributed by atoms with Crippen LogP contribution >= 0.6 is 15.9 Å². The molecule has 0 bridgehead atoms. The van der Waals surface area contributed by atoms with Gasteiger partial charge in [-0.3, -0.25) is 10.1 Å². The van der Waals surface area contributed by atoms with Gasteiger partial charge in [0.1, 0.15) is 6.10 Å². The Morgan fingerprint density at radius 3 is 2.46 bits per heavy atom. The van der Waals surface area contributed by atoms with Gasteiger partial charge in [-0.15, -0.1) is 0 Å². The van der Waals surface area contributed by atoms with Gasteiger partial charge in [0.15, 0.2) is 0 Å². The summed E-state index contributed by atoms with van der Waals surface area (Å²) in [6, 6.07) is 6.77. The number of nitrogens with zero attached hydrogens (tertiary/aromatic N) is 1. The molecule has 4 nitrogen and oxygen atoms in total. The molecule has 0 fully saturated rings. The Hall–Kier alpha value is -0.940. The molecule has 1 atom stereocenters. The molecule has 0 spiro atoms. The average Bonchev–Trinajstić information content (AvgIpc) is 2.04. The van der Waals surface area contributed by atoms with Gasteiger partial charge in [-0.2, -0.15) is 0 Å². The fraction of sp³-hybridized carbons (Fsp3) is 0.250. The summed E-state index contributed by atoms with van der Waals surface area (Å²) in [5.41, 5.74) is 0.555. The van der Waals surface area contributed by atoms with E-state index in [2.05, 4.69) is 15.9 Å². The third-order valence-electron chi connectivity index (χ3n) is 1.58. The van der Waals surface area contributed by atoms with Crippen LogP contribution in [0.1, 0.15) is 11.7 Å². The molecule has 5 heteroatoms. The minimum absolute atomic E-state index is 0.457. The lowest BCUT2D eigenvalue weighted by atomic mass is 10.1. The van der Waals surface area contributed by atoms with Crippen molar-refractivity contribution in [1.82, 2.24) is 0 Å². The first-order valence-corrected chi connectivity index (χ1v) is 4.44. The molecule has 0 unspecified atom stereocenters. The predicted molar refractivity (Wildman–Crippen MR) is 51.0 cm³/mol. The Morgan fingerprint density at radius 1 is 1.46 bits per heavy atom. The van der Waals surface area contributed by atoms with Crippen molar-refractivity contribution < 1.29 is 10.0 Å². The zero-order valence-corrected chi connectivity index (χ0v) is 8.27. The Bertz CT molecular complexity index is 299. The van der Waals surface area contributed by atoms with Gasteiger partial charge >= 0.3 is 0 Å². The van der Waals surface area contributed by atoms with Crippen molar-refractivity contribution in [2.75, 3.05) is 6.54 Å². The minimum Gasteiger partial charge on any atom is -0.382 e. The lowest BCUT2D eigenvalue weighted by molar-refractivity contribution is -0.491. The van der Waals surface area contributed by atoms with E-state index in [0.29, 0.717) is 5.56 Å². The topological polar surface area (TPSA) is 63.4 Å². The van der Waals surface area contributed by atoms with E-state index in [4.69, 9.17) is 0 Å². The van der Waals surface area contributed by atoms with Crippen LogP contribution in [0.25, 0.3) is 0 Å². The molecule has 0 radical (unpaired) electrons. The van der Waals surface area contributed by atoms with Crippen LogP contribution in [0.5, 0.6) is 0 Å². The van der Waals surface area contributed by atoms with Crippen LogP contribution in [0.4, 0.5) is 0 Å². The molecule has 0 saturated carbocycles. The molecule has 1 N–H and O–H groups in total. The summed E-state index contributed by atoms with van der Waals surface area (Å²) in [4.78, 5) is 9.55. The summed E-state index contributed by atoms with van der Waals surface area (Å²) >= 11 is 3.23. The number of benzene rings is 1. The van der Waals surface area contributed by atoms with Crippen LogP contribution in [-0.4, -0.2) is 16.6 Å². The van der Waals surface area contributed by atoms with E-state index in [1.807, 2.05) is 0 Å². The molecule has 1 rings (SSSR count). The summed E-state index contributed by atoms with van der Waals surface area (Å²) in [5, 5.41) is 19.4. The van der Waals surface area contributed by atoms with Gasteiger partial charge in [0.25, 0.3) is 0 Å². The molecule has 0 aliphatic carbocycles. The molecule has 1 aromatic carbocycles. The maximum Gasteiger partial charge on any atom is 0.233 e. The molecule has 13 heavy (non-hydrogen) atoms. The zero-order valence-electron chi connectivity index (χ0n) is 6.68. The summed E-state index contributed by atoms with van der Waals surface area (Å²) < 4.78 is 0.879. The van der Waals surface area contributed by atoms with Crippen molar-refractivity contribution in [2.24, 2.45) is 0 Å². The fourth-order valence-electron chi connectivity index (χ4n) is 0.932. The van der Waals surface area contributed by atoms with E-state index in [-0.39, 0.29) is 0 Å². The number of hydrogen-bond acceptors (Lipinski definition) is 3. The second-order valence-corrected chi connectivity index (χ2v) is 3.50. The molecular formula is C8H8BrNO3. The fourth-order valence-corrected chi connectivity index (χ4v) is 1.20. The second-order valence-electron chi connectivity index (χ2n) is 2.58. The molecule has 0 aromatic heterocycles. The second kappa shape index (κ2) is 4.34. The van der Waals surface area contributed by atoms with Gasteiger partial charge in [-0.1, -0.05) is 28.1 Å². The maximum atomic E-state index is 10.1. The van der Waals surface area contributed by atoms with E-state index in [0.717, 1.165) is 4.47 Å². The standard InChI is InChI=1S/C8H8BrNO3/c9-7-3-1-6(2-4-7)8(11)5-10(12)13/h1-4,8,11H,5H2/t8-/m0/s1. The van der Waals surface area contributed by atoms with Crippen molar-refractivity contribution in [1.29, 1.82) is 0 Å². The van der Waals surface area contributed by atoms with Crippen LogP contribution < -0.4 is 0 Å². The van der Waals surface area contributed by atoms with Crippen LogP contribution in [0, 0.1) is 10.1 Å².